The molecule has 0 aromatic carbocycles. The van der Waals surface area contributed by atoms with Gasteiger partial charge in [0.1, 0.15) is 0 Å². The molecule has 0 amide bonds. The second-order valence-electron chi connectivity index (χ2n) is 1.65. The highest BCUT2D eigenvalue weighted by atomic mass is 35.5. The van der Waals surface area contributed by atoms with Crippen LogP contribution in [0.5, 0.6) is 0 Å². The highest BCUT2D eigenvalue weighted by molar-refractivity contribution is 6.59. The predicted molar refractivity (Wildman–Crippen MR) is 46.2 cm³/mol. The molecule has 0 N–H and O–H groups in total. The van der Waals surface area contributed by atoms with Gasteiger partial charge in [0.2, 0.25) is 5.22 Å². The van der Waals surface area contributed by atoms with E-state index in [1.807, 2.05) is 0 Å². The van der Waals surface area contributed by atoms with E-state index >= 15 is 0 Å². The molecule has 13 heavy (non-hydrogen) atoms. The van der Waals surface area contributed by atoms with Gasteiger partial charge in [0.15, 0.2) is 4.49 Å². The molecule has 0 aromatic heterocycles. The summed E-state index contributed by atoms with van der Waals surface area (Å²) in [6.07, 6.45) is -4.55. The first-order valence-electron chi connectivity index (χ1n) is 2.42. The van der Waals surface area contributed by atoms with Crippen LogP contribution in [0, 0.1) is 0 Å². The van der Waals surface area contributed by atoms with Crippen LogP contribution in [0.4, 0.5) is 13.2 Å². The molecule has 0 bridgehead atoms. The minimum absolute atomic E-state index is 0.807. The maximum absolute atomic E-state index is 12.4. The Bertz CT molecular complexity index is 218. The predicted octanol–water partition coefficient (Wildman–Crippen LogP) is 4.54. The van der Waals surface area contributed by atoms with E-state index in [1.54, 1.807) is 0 Å². The molecule has 1 nitrogen and oxygen atoms in total. The van der Waals surface area contributed by atoms with Crippen LogP contribution in [0.25, 0.3) is 0 Å². The van der Waals surface area contributed by atoms with Crippen molar-refractivity contribution < 1.29 is 17.9 Å². The second kappa shape index (κ2) is 4.53. The van der Waals surface area contributed by atoms with Crippen molar-refractivity contribution in [1.29, 1.82) is 0 Å². The molecule has 0 fully saturated rings. The van der Waals surface area contributed by atoms with Crippen LogP contribution in [0.15, 0.2) is 9.71 Å². The van der Waals surface area contributed by atoms with Gasteiger partial charge in [-0.3, -0.25) is 0 Å². The van der Waals surface area contributed by atoms with Crippen LogP contribution in [-0.2, 0) is 4.74 Å². The van der Waals surface area contributed by atoms with E-state index in [9.17, 15) is 13.2 Å². The van der Waals surface area contributed by atoms with Crippen molar-refractivity contribution in [3.8, 4) is 0 Å². The SMILES string of the molecule is FC(Cl)(Cl)C(F)(F)OC(Cl)=C(Cl)Cl. The first-order valence-corrected chi connectivity index (χ1v) is 4.31. The molecule has 0 heterocycles. The summed E-state index contributed by atoms with van der Waals surface area (Å²) in [5.41, 5.74) is 0. The summed E-state index contributed by atoms with van der Waals surface area (Å²) in [4.78, 5) is 0. The molecule has 0 saturated carbocycles. The number of hydrogen-bond donors (Lipinski definition) is 0. The van der Waals surface area contributed by atoms with Gasteiger partial charge in [-0.05, 0) is 11.6 Å². The number of rotatable bonds is 3. The fourth-order valence-electron chi connectivity index (χ4n) is 0.209. The van der Waals surface area contributed by atoms with Gasteiger partial charge in [0.05, 0.1) is 0 Å². The van der Waals surface area contributed by atoms with Gasteiger partial charge in [-0.25, -0.2) is 0 Å². The Morgan fingerprint density at radius 1 is 1.00 bits per heavy atom. The topological polar surface area (TPSA) is 9.23 Å². The fraction of sp³-hybridized carbons (Fsp3) is 0.500. The largest absolute Gasteiger partial charge is 0.464 e. The second-order valence-corrected chi connectivity index (χ2v) is 4.18. The summed E-state index contributed by atoms with van der Waals surface area (Å²) in [5, 5.41) is -1.11. The minimum Gasteiger partial charge on any atom is -0.414 e. The summed E-state index contributed by atoms with van der Waals surface area (Å²) < 4.78 is 35.9. The van der Waals surface area contributed by atoms with Gasteiger partial charge in [0.25, 0.3) is 0 Å². The molecule has 0 aromatic rings. The molecular formula is C4Cl5F3O. The number of hydrogen-bond acceptors (Lipinski definition) is 1. The molecule has 0 unspecified atom stereocenters. The Kier molecular flexibility index (Phi) is 4.80. The zero-order valence-corrected chi connectivity index (χ0v) is 9.21. The van der Waals surface area contributed by atoms with Crippen LogP contribution < -0.4 is 0 Å². The fourth-order valence-corrected chi connectivity index (χ4v) is 0.460. The Hall–Kier alpha value is 0.780. The maximum Gasteiger partial charge on any atom is 0.464 e. The molecule has 0 aliphatic heterocycles. The summed E-state index contributed by atoms with van der Waals surface area (Å²) in [5.74, 6) is 0. The summed E-state index contributed by atoms with van der Waals surface area (Å²) in [6, 6.07) is 0. The van der Waals surface area contributed by atoms with E-state index in [4.69, 9.17) is 34.8 Å². The van der Waals surface area contributed by atoms with Crippen molar-refractivity contribution in [2.45, 2.75) is 10.7 Å². The van der Waals surface area contributed by atoms with E-state index in [0.717, 1.165) is 0 Å². The lowest BCUT2D eigenvalue weighted by Crippen LogP contribution is -2.36. The lowest BCUT2D eigenvalue weighted by molar-refractivity contribution is -0.240. The number of ether oxygens (including phenoxy) is 1. The molecule has 0 atom stereocenters. The molecule has 0 aliphatic carbocycles. The molecule has 78 valence electrons. The lowest BCUT2D eigenvalue weighted by atomic mass is 10.7. The molecule has 9 heteroatoms. The lowest BCUT2D eigenvalue weighted by Gasteiger charge is -2.21. The smallest absolute Gasteiger partial charge is 0.414 e. The van der Waals surface area contributed by atoms with Gasteiger partial charge < -0.3 is 4.74 Å². The van der Waals surface area contributed by atoms with Gasteiger partial charge in [-0.1, -0.05) is 46.4 Å². The molecule has 0 saturated heterocycles. The average Bonchev–Trinajstić information content (AvgIpc) is 1.83. The molecule has 0 spiro atoms. The van der Waals surface area contributed by atoms with Crippen molar-refractivity contribution in [2.75, 3.05) is 0 Å². The van der Waals surface area contributed by atoms with Crippen molar-refractivity contribution in [2.24, 2.45) is 0 Å². The molecule has 0 aliphatic rings. The monoisotopic (exact) mass is 296 g/mol. The molecular weight excluding hydrogens is 298 g/mol. The standard InChI is InChI=1S/C4Cl5F3O/c5-1(6)2(7)13-4(11,12)3(8,9)10. The van der Waals surface area contributed by atoms with Crippen LogP contribution in [0.2, 0.25) is 0 Å². The first-order chi connectivity index (χ1) is 5.58. The van der Waals surface area contributed by atoms with Crippen molar-refractivity contribution in [3.05, 3.63) is 9.71 Å². The van der Waals surface area contributed by atoms with Crippen LogP contribution in [0.1, 0.15) is 0 Å². The third-order valence-corrected chi connectivity index (χ3v) is 1.94. The Morgan fingerprint density at radius 3 is 1.62 bits per heavy atom. The van der Waals surface area contributed by atoms with Crippen LogP contribution in [-0.4, -0.2) is 10.7 Å². The highest BCUT2D eigenvalue weighted by Gasteiger charge is 2.56. The summed E-state index contributed by atoms with van der Waals surface area (Å²) >= 11 is 23.7. The Labute approximate surface area is 96.3 Å². The molecule has 0 rings (SSSR count). The summed E-state index contributed by atoms with van der Waals surface area (Å²) in [7, 11) is 0. The number of halogens is 8. The van der Waals surface area contributed by atoms with Gasteiger partial charge in [-0.2, -0.15) is 13.2 Å². The van der Waals surface area contributed by atoms with E-state index in [0.29, 0.717) is 0 Å². The third kappa shape index (κ3) is 4.21. The quantitative estimate of drug-likeness (QED) is 0.549. The van der Waals surface area contributed by atoms with E-state index in [1.165, 1.54) is 0 Å². The van der Waals surface area contributed by atoms with Crippen LogP contribution in [0.3, 0.4) is 0 Å². The third-order valence-electron chi connectivity index (χ3n) is 0.696. The molecule has 0 radical (unpaired) electrons. The van der Waals surface area contributed by atoms with E-state index in [-0.39, 0.29) is 0 Å². The van der Waals surface area contributed by atoms with E-state index in [2.05, 4.69) is 27.9 Å². The van der Waals surface area contributed by atoms with Crippen molar-refractivity contribution in [3.63, 3.8) is 0 Å². The zero-order valence-electron chi connectivity index (χ0n) is 5.43. The highest BCUT2D eigenvalue weighted by Crippen LogP contribution is 2.43. The van der Waals surface area contributed by atoms with Gasteiger partial charge >= 0.3 is 10.7 Å². The van der Waals surface area contributed by atoms with Crippen LogP contribution >= 0.6 is 58.0 Å². The number of alkyl halides is 5. The van der Waals surface area contributed by atoms with Gasteiger partial charge in [-0.15, -0.1) is 0 Å². The minimum atomic E-state index is -4.55. The Morgan fingerprint density at radius 2 is 1.38 bits per heavy atom. The average molecular weight is 298 g/mol. The summed E-state index contributed by atoms with van der Waals surface area (Å²) in [6.45, 7) is 0. The maximum atomic E-state index is 12.4. The first kappa shape index (κ1) is 13.8. The van der Waals surface area contributed by atoms with E-state index < -0.39 is 20.4 Å². The Balaban J connectivity index is 4.63. The zero-order chi connectivity index (χ0) is 10.9. The van der Waals surface area contributed by atoms with Crippen molar-refractivity contribution in [1.82, 2.24) is 0 Å². The van der Waals surface area contributed by atoms with Crippen molar-refractivity contribution >= 4 is 58.0 Å². The van der Waals surface area contributed by atoms with Gasteiger partial charge in [0, 0.05) is 0 Å². The normalized spacial score (nSPS) is 12.6.